The zero-order chi connectivity index (χ0) is 13.2. The minimum atomic E-state index is -3.14. The molecule has 5 nitrogen and oxygen atoms in total. The first-order chi connectivity index (χ1) is 8.60. The number of fused-ring (bicyclic) bond motifs is 1. The van der Waals surface area contributed by atoms with E-state index in [1.54, 1.807) is 17.3 Å². The maximum Gasteiger partial charge on any atom is 0.214 e. The summed E-state index contributed by atoms with van der Waals surface area (Å²) >= 11 is 0. The fourth-order valence-electron chi connectivity index (χ4n) is 2.76. The van der Waals surface area contributed by atoms with Crippen molar-refractivity contribution in [3.05, 3.63) is 12.7 Å². The Kier molecular flexibility index (Phi) is 4.42. The van der Waals surface area contributed by atoms with Crippen LogP contribution in [0.4, 0.5) is 0 Å². The molecule has 1 heterocycles. The number of morpholine rings is 1. The van der Waals surface area contributed by atoms with Crippen LogP contribution in [0, 0.1) is 0 Å². The van der Waals surface area contributed by atoms with E-state index in [1.807, 2.05) is 0 Å². The lowest BCUT2D eigenvalue weighted by molar-refractivity contribution is -0.0911. The predicted molar refractivity (Wildman–Crippen MR) is 68.9 cm³/mol. The minimum Gasteiger partial charge on any atom is -0.372 e. The van der Waals surface area contributed by atoms with Crippen LogP contribution in [0.1, 0.15) is 19.8 Å². The molecule has 18 heavy (non-hydrogen) atoms. The van der Waals surface area contributed by atoms with E-state index >= 15 is 0 Å². The van der Waals surface area contributed by atoms with Crippen LogP contribution < -0.4 is 0 Å². The van der Waals surface area contributed by atoms with Gasteiger partial charge in [-0.2, -0.15) is 4.31 Å². The highest BCUT2D eigenvalue weighted by Crippen LogP contribution is 2.33. The molecule has 0 unspecified atom stereocenters. The second kappa shape index (κ2) is 5.69. The van der Waals surface area contributed by atoms with Crippen LogP contribution in [0.15, 0.2) is 12.7 Å². The first kappa shape index (κ1) is 14.0. The molecule has 104 valence electrons. The van der Waals surface area contributed by atoms with Gasteiger partial charge in [0.05, 0.1) is 31.1 Å². The number of sulfonamides is 1. The van der Waals surface area contributed by atoms with E-state index in [2.05, 4.69) is 6.58 Å². The molecule has 0 bridgehead atoms. The van der Waals surface area contributed by atoms with Crippen LogP contribution >= 0.6 is 0 Å². The Bertz CT molecular complexity index is 395. The van der Waals surface area contributed by atoms with Crippen molar-refractivity contribution in [3.63, 3.8) is 0 Å². The highest BCUT2D eigenvalue weighted by molar-refractivity contribution is 7.89. The third-order valence-corrected chi connectivity index (χ3v) is 5.53. The van der Waals surface area contributed by atoms with Gasteiger partial charge in [0.25, 0.3) is 0 Å². The zero-order valence-corrected chi connectivity index (χ0v) is 11.6. The van der Waals surface area contributed by atoms with Crippen molar-refractivity contribution in [2.24, 2.45) is 0 Å². The van der Waals surface area contributed by atoms with Crippen molar-refractivity contribution in [2.45, 2.75) is 38.0 Å². The van der Waals surface area contributed by atoms with Gasteiger partial charge in [0.15, 0.2) is 0 Å². The third-order valence-electron chi connectivity index (χ3n) is 3.63. The monoisotopic (exact) mass is 275 g/mol. The average Bonchev–Trinajstić information content (AvgIpc) is 2.79. The molecule has 2 aliphatic rings. The maximum absolute atomic E-state index is 12.0. The normalized spacial score (nSPS) is 33.3. The molecule has 6 heteroatoms. The number of ether oxygens (including phenoxy) is 2. The number of rotatable bonds is 5. The first-order valence-electron chi connectivity index (χ1n) is 6.43. The molecule has 1 aliphatic heterocycles. The van der Waals surface area contributed by atoms with Crippen molar-refractivity contribution in [1.29, 1.82) is 0 Å². The van der Waals surface area contributed by atoms with E-state index < -0.39 is 10.0 Å². The first-order valence-corrected chi connectivity index (χ1v) is 8.04. The molecule has 0 spiro atoms. The highest BCUT2D eigenvalue weighted by Gasteiger charge is 2.46. The summed E-state index contributed by atoms with van der Waals surface area (Å²) in [6.45, 7) is 6.70. The van der Waals surface area contributed by atoms with Gasteiger partial charge >= 0.3 is 0 Å². The molecule has 1 aliphatic carbocycles. The van der Waals surface area contributed by atoms with Gasteiger partial charge in [-0.1, -0.05) is 6.08 Å². The maximum atomic E-state index is 12.0. The van der Waals surface area contributed by atoms with E-state index in [9.17, 15) is 8.42 Å². The molecule has 0 N–H and O–H groups in total. The summed E-state index contributed by atoms with van der Waals surface area (Å²) in [5, 5.41) is 0. The molecule has 0 aromatic heterocycles. The molecule has 1 saturated carbocycles. The molecular formula is C12H21NO4S. The van der Waals surface area contributed by atoms with Gasteiger partial charge in [-0.3, -0.25) is 0 Å². The van der Waals surface area contributed by atoms with Crippen molar-refractivity contribution in [1.82, 2.24) is 4.31 Å². The van der Waals surface area contributed by atoms with Crippen LogP contribution in [0.3, 0.4) is 0 Å². The Morgan fingerprint density at radius 2 is 2.28 bits per heavy atom. The van der Waals surface area contributed by atoms with Crippen molar-refractivity contribution >= 4 is 10.0 Å². The molecule has 0 amide bonds. The lowest BCUT2D eigenvalue weighted by Crippen LogP contribution is -2.54. The molecule has 0 aromatic rings. The van der Waals surface area contributed by atoms with Crippen LogP contribution in [-0.2, 0) is 19.5 Å². The van der Waals surface area contributed by atoms with E-state index in [1.165, 1.54) is 0 Å². The standard InChI is InChI=1S/C12H21NO4S/c1-3-8-16-11-6-5-10-12(11)17-9-7-13(10)18(14,15)4-2/h3,10-12H,1,4-9H2,2H3/t10-,11+,12+/m0/s1. The summed E-state index contributed by atoms with van der Waals surface area (Å²) in [6, 6.07) is -0.0569. The number of nitrogens with zero attached hydrogens (tertiary/aromatic N) is 1. The van der Waals surface area contributed by atoms with Gasteiger partial charge in [0.1, 0.15) is 6.10 Å². The molecule has 3 atom stereocenters. The summed E-state index contributed by atoms with van der Waals surface area (Å²) in [7, 11) is -3.14. The van der Waals surface area contributed by atoms with Crippen LogP contribution in [-0.4, -0.2) is 56.5 Å². The quantitative estimate of drug-likeness (QED) is 0.696. The third kappa shape index (κ3) is 2.61. The molecule has 2 rings (SSSR count). The molecule has 1 saturated heterocycles. The molecular weight excluding hydrogens is 254 g/mol. The highest BCUT2D eigenvalue weighted by atomic mass is 32.2. The summed E-state index contributed by atoms with van der Waals surface area (Å²) in [4.78, 5) is 0. The summed E-state index contributed by atoms with van der Waals surface area (Å²) in [6.07, 6.45) is 3.23. The second-order valence-corrected chi connectivity index (χ2v) is 6.86. The number of hydrogen-bond acceptors (Lipinski definition) is 4. The van der Waals surface area contributed by atoms with Gasteiger partial charge < -0.3 is 9.47 Å². The van der Waals surface area contributed by atoms with E-state index in [0.29, 0.717) is 19.8 Å². The van der Waals surface area contributed by atoms with Crippen molar-refractivity contribution in [2.75, 3.05) is 25.5 Å². The van der Waals surface area contributed by atoms with E-state index in [-0.39, 0.29) is 24.0 Å². The van der Waals surface area contributed by atoms with Crippen LogP contribution in [0.2, 0.25) is 0 Å². The Balaban J connectivity index is 2.09. The van der Waals surface area contributed by atoms with Gasteiger partial charge in [0.2, 0.25) is 10.0 Å². The summed E-state index contributed by atoms with van der Waals surface area (Å²) < 4.78 is 37.0. The molecule has 2 fully saturated rings. The fraction of sp³-hybridized carbons (Fsp3) is 0.833. The lowest BCUT2D eigenvalue weighted by atomic mass is 10.1. The Morgan fingerprint density at radius 1 is 1.50 bits per heavy atom. The largest absolute Gasteiger partial charge is 0.372 e. The second-order valence-electron chi connectivity index (χ2n) is 4.65. The topological polar surface area (TPSA) is 55.8 Å². The zero-order valence-electron chi connectivity index (χ0n) is 10.7. The fourth-order valence-corrected chi connectivity index (χ4v) is 4.09. The smallest absolute Gasteiger partial charge is 0.214 e. The van der Waals surface area contributed by atoms with Gasteiger partial charge in [0, 0.05) is 6.54 Å². The predicted octanol–water partition coefficient (Wildman–Crippen LogP) is 0.770. The van der Waals surface area contributed by atoms with Crippen LogP contribution in [0.25, 0.3) is 0 Å². The van der Waals surface area contributed by atoms with Crippen molar-refractivity contribution in [3.8, 4) is 0 Å². The minimum absolute atomic E-state index is 0.0112. The lowest BCUT2D eigenvalue weighted by Gasteiger charge is -2.37. The average molecular weight is 275 g/mol. The summed E-state index contributed by atoms with van der Waals surface area (Å²) in [5.74, 6) is 0.147. The Labute approximate surface area is 109 Å². The van der Waals surface area contributed by atoms with Gasteiger partial charge in [-0.25, -0.2) is 8.42 Å². The SMILES string of the molecule is C=CCO[C@@H]1CC[C@H]2[C@H]1OCCN2S(=O)(=O)CC. The Morgan fingerprint density at radius 3 is 2.94 bits per heavy atom. The van der Waals surface area contributed by atoms with Crippen LogP contribution in [0.5, 0.6) is 0 Å². The number of hydrogen-bond donors (Lipinski definition) is 0. The van der Waals surface area contributed by atoms with Crippen molar-refractivity contribution < 1.29 is 17.9 Å². The molecule has 0 radical (unpaired) electrons. The van der Waals surface area contributed by atoms with E-state index in [0.717, 1.165) is 12.8 Å². The van der Waals surface area contributed by atoms with Gasteiger partial charge in [-0.15, -0.1) is 6.58 Å². The molecule has 0 aromatic carbocycles. The van der Waals surface area contributed by atoms with Gasteiger partial charge in [-0.05, 0) is 19.8 Å². The Hall–Kier alpha value is -0.430. The summed E-state index contributed by atoms with van der Waals surface area (Å²) in [5.41, 5.74) is 0. The van der Waals surface area contributed by atoms with E-state index in [4.69, 9.17) is 9.47 Å².